The molecule has 1 heterocycles. The molecule has 1 amide bonds. The molecule has 0 aliphatic heterocycles. The first kappa shape index (κ1) is 15.7. The van der Waals surface area contributed by atoms with E-state index in [4.69, 9.17) is 0 Å². The van der Waals surface area contributed by atoms with Gasteiger partial charge in [-0.1, -0.05) is 12.1 Å². The van der Waals surface area contributed by atoms with Crippen LogP contribution in [-0.4, -0.2) is 39.2 Å². The molecule has 3 rings (SSSR count). The number of amides is 1. The highest BCUT2D eigenvalue weighted by Crippen LogP contribution is 2.20. The molecule has 122 valence electrons. The third-order valence-corrected chi connectivity index (χ3v) is 4.33. The molecule has 1 atom stereocenters. The Balaban J connectivity index is 1.63. The van der Waals surface area contributed by atoms with E-state index in [-0.39, 0.29) is 24.1 Å². The summed E-state index contributed by atoms with van der Waals surface area (Å²) < 4.78 is 0. The van der Waals surface area contributed by atoms with Crippen LogP contribution >= 0.6 is 0 Å². The van der Waals surface area contributed by atoms with Gasteiger partial charge in [0.05, 0.1) is 11.6 Å². The summed E-state index contributed by atoms with van der Waals surface area (Å²) in [7, 11) is 0. The lowest BCUT2D eigenvalue weighted by Crippen LogP contribution is -2.45. The summed E-state index contributed by atoms with van der Waals surface area (Å²) in [5, 5.41) is 16.6. The minimum Gasteiger partial charge on any atom is -0.393 e. The fourth-order valence-electron chi connectivity index (χ4n) is 2.94. The Morgan fingerprint density at radius 1 is 1.22 bits per heavy atom. The van der Waals surface area contributed by atoms with Gasteiger partial charge >= 0.3 is 0 Å². The monoisotopic (exact) mass is 314 g/mol. The molecule has 2 aromatic rings. The number of benzene rings is 1. The maximum atomic E-state index is 12.4. The second kappa shape index (κ2) is 6.91. The van der Waals surface area contributed by atoms with Crippen LogP contribution in [0.25, 0.3) is 10.9 Å². The molecule has 23 heavy (non-hydrogen) atoms. The zero-order valence-corrected chi connectivity index (χ0v) is 13.2. The van der Waals surface area contributed by atoms with Crippen LogP contribution in [0, 0.1) is 0 Å². The van der Waals surface area contributed by atoms with Gasteiger partial charge in [0.15, 0.2) is 0 Å². The standard InChI is InChI=1S/C17H22N4O2/c1-11(17(23)21-12-6-8-13(22)9-7-12)20-16-14-4-2-3-5-15(14)18-10-19-16/h2-5,10-13,22H,6-9H2,1H3,(H,21,23)(H,18,19,20). The first-order valence-electron chi connectivity index (χ1n) is 8.08. The Labute approximate surface area is 135 Å². The molecular formula is C17H22N4O2. The Bertz CT molecular complexity index is 678. The van der Waals surface area contributed by atoms with E-state index in [0.29, 0.717) is 5.82 Å². The van der Waals surface area contributed by atoms with Gasteiger partial charge in [-0.05, 0) is 44.7 Å². The lowest BCUT2D eigenvalue weighted by Gasteiger charge is -2.27. The fourth-order valence-corrected chi connectivity index (χ4v) is 2.94. The average Bonchev–Trinajstić information content (AvgIpc) is 2.57. The van der Waals surface area contributed by atoms with Crippen molar-refractivity contribution in [2.75, 3.05) is 5.32 Å². The number of anilines is 1. The molecule has 0 spiro atoms. The lowest BCUT2D eigenvalue weighted by atomic mass is 9.93. The predicted molar refractivity (Wildman–Crippen MR) is 89.0 cm³/mol. The molecule has 0 bridgehead atoms. The molecule has 1 aromatic carbocycles. The van der Waals surface area contributed by atoms with Gasteiger partial charge in [0.25, 0.3) is 0 Å². The Morgan fingerprint density at radius 2 is 1.96 bits per heavy atom. The molecule has 1 unspecified atom stereocenters. The third kappa shape index (κ3) is 3.76. The third-order valence-electron chi connectivity index (χ3n) is 4.33. The first-order valence-corrected chi connectivity index (χ1v) is 8.08. The van der Waals surface area contributed by atoms with Gasteiger partial charge in [-0.3, -0.25) is 4.79 Å². The molecule has 3 N–H and O–H groups in total. The summed E-state index contributed by atoms with van der Waals surface area (Å²) in [4.78, 5) is 20.8. The number of rotatable bonds is 4. The Morgan fingerprint density at radius 3 is 2.74 bits per heavy atom. The van der Waals surface area contributed by atoms with Crippen molar-refractivity contribution in [2.45, 2.75) is 50.8 Å². The van der Waals surface area contributed by atoms with E-state index in [1.807, 2.05) is 31.2 Å². The van der Waals surface area contributed by atoms with Crippen molar-refractivity contribution in [3.05, 3.63) is 30.6 Å². The highest BCUT2D eigenvalue weighted by molar-refractivity contribution is 5.91. The van der Waals surface area contributed by atoms with Crippen LogP contribution < -0.4 is 10.6 Å². The van der Waals surface area contributed by atoms with Crippen LogP contribution in [0.15, 0.2) is 30.6 Å². The molecular weight excluding hydrogens is 292 g/mol. The van der Waals surface area contributed by atoms with Gasteiger partial charge < -0.3 is 15.7 Å². The van der Waals surface area contributed by atoms with Crippen LogP contribution in [0.1, 0.15) is 32.6 Å². The second-order valence-corrected chi connectivity index (χ2v) is 6.12. The molecule has 1 aromatic heterocycles. The fraction of sp³-hybridized carbons (Fsp3) is 0.471. The van der Waals surface area contributed by atoms with Crippen molar-refractivity contribution >= 4 is 22.6 Å². The van der Waals surface area contributed by atoms with E-state index >= 15 is 0 Å². The van der Waals surface area contributed by atoms with Gasteiger partial charge in [0, 0.05) is 11.4 Å². The molecule has 1 fully saturated rings. The lowest BCUT2D eigenvalue weighted by molar-refractivity contribution is -0.122. The smallest absolute Gasteiger partial charge is 0.242 e. The number of aliphatic hydroxyl groups is 1. The van der Waals surface area contributed by atoms with Gasteiger partial charge in [-0.25, -0.2) is 9.97 Å². The molecule has 0 radical (unpaired) electrons. The minimum atomic E-state index is -0.389. The normalized spacial score (nSPS) is 22.5. The summed E-state index contributed by atoms with van der Waals surface area (Å²) in [6.07, 6.45) is 4.45. The number of hydrogen-bond acceptors (Lipinski definition) is 5. The number of aromatic nitrogens is 2. The van der Waals surface area contributed by atoms with Crippen molar-refractivity contribution in [3.8, 4) is 0 Å². The number of hydrogen-bond donors (Lipinski definition) is 3. The zero-order valence-electron chi connectivity index (χ0n) is 13.2. The van der Waals surface area contributed by atoms with Gasteiger partial charge in [-0.15, -0.1) is 0 Å². The maximum Gasteiger partial charge on any atom is 0.242 e. The largest absolute Gasteiger partial charge is 0.393 e. The van der Waals surface area contributed by atoms with Crippen molar-refractivity contribution in [3.63, 3.8) is 0 Å². The van der Waals surface area contributed by atoms with Gasteiger partial charge in [0.2, 0.25) is 5.91 Å². The Hall–Kier alpha value is -2.21. The maximum absolute atomic E-state index is 12.4. The number of fused-ring (bicyclic) bond motifs is 1. The van der Waals surface area contributed by atoms with Crippen molar-refractivity contribution in [2.24, 2.45) is 0 Å². The van der Waals surface area contributed by atoms with Crippen molar-refractivity contribution in [1.29, 1.82) is 0 Å². The van der Waals surface area contributed by atoms with Crippen LogP contribution in [-0.2, 0) is 4.79 Å². The summed E-state index contributed by atoms with van der Waals surface area (Å²) >= 11 is 0. The van der Waals surface area contributed by atoms with Gasteiger partial charge in [0.1, 0.15) is 18.2 Å². The highest BCUT2D eigenvalue weighted by atomic mass is 16.3. The van der Waals surface area contributed by atoms with E-state index in [0.717, 1.165) is 36.6 Å². The van der Waals surface area contributed by atoms with Crippen molar-refractivity contribution in [1.82, 2.24) is 15.3 Å². The molecule has 0 saturated heterocycles. The number of aliphatic hydroxyl groups excluding tert-OH is 1. The topological polar surface area (TPSA) is 87.1 Å². The van der Waals surface area contributed by atoms with E-state index < -0.39 is 0 Å². The van der Waals surface area contributed by atoms with E-state index in [2.05, 4.69) is 20.6 Å². The molecule has 6 nitrogen and oxygen atoms in total. The van der Waals surface area contributed by atoms with Crippen molar-refractivity contribution < 1.29 is 9.90 Å². The van der Waals surface area contributed by atoms with E-state index in [1.165, 1.54) is 6.33 Å². The number of carbonyl (C=O) groups is 1. The van der Waals surface area contributed by atoms with Crippen LogP contribution in [0.5, 0.6) is 0 Å². The quantitative estimate of drug-likeness (QED) is 0.802. The van der Waals surface area contributed by atoms with Gasteiger partial charge in [-0.2, -0.15) is 0 Å². The Kier molecular flexibility index (Phi) is 4.71. The summed E-state index contributed by atoms with van der Waals surface area (Å²) in [6.45, 7) is 1.82. The van der Waals surface area contributed by atoms with Crippen LogP contribution in [0.2, 0.25) is 0 Å². The molecule has 1 aliphatic rings. The van der Waals surface area contributed by atoms with Crippen LogP contribution in [0.4, 0.5) is 5.82 Å². The molecule has 1 saturated carbocycles. The molecule has 1 aliphatic carbocycles. The minimum absolute atomic E-state index is 0.0471. The predicted octanol–water partition coefficient (Wildman–Crippen LogP) is 1.85. The van der Waals surface area contributed by atoms with E-state index in [1.54, 1.807) is 0 Å². The number of nitrogens with zero attached hydrogens (tertiary/aromatic N) is 2. The summed E-state index contributed by atoms with van der Waals surface area (Å²) in [6, 6.07) is 7.46. The highest BCUT2D eigenvalue weighted by Gasteiger charge is 2.23. The zero-order chi connectivity index (χ0) is 16.2. The average molecular weight is 314 g/mol. The second-order valence-electron chi connectivity index (χ2n) is 6.12. The SMILES string of the molecule is CC(Nc1ncnc2ccccc12)C(=O)NC1CCC(O)CC1. The number of para-hydroxylation sites is 1. The number of nitrogens with one attached hydrogen (secondary N) is 2. The first-order chi connectivity index (χ1) is 11.1. The van der Waals surface area contributed by atoms with E-state index in [9.17, 15) is 9.90 Å². The van der Waals surface area contributed by atoms with Crippen LogP contribution in [0.3, 0.4) is 0 Å². The number of carbonyl (C=O) groups excluding carboxylic acids is 1. The molecule has 6 heteroatoms. The summed E-state index contributed by atoms with van der Waals surface area (Å²) in [5.41, 5.74) is 0.846. The summed E-state index contributed by atoms with van der Waals surface area (Å²) in [5.74, 6) is 0.617.